The van der Waals surface area contributed by atoms with Crippen LogP contribution in [-0.4, -0.2) is 76.0 Å². The molecular formula is C57H92F18O6. The normalized spacial score (nSPS) is 28.0. The van der Waals surface area contributed by atoms with Crippen LogP contribution in [0.2, 0.25) is 0 Å². The van der Waals surface area contributed by atoms with E-state index in [4.69, 9.17) is 9.47 Å². The Morgan fingerprint density at radius 2 is 0.988 bits per heavy atom. The third kappa shape index (κ3) is 16.0. The number of hydrogen-bond donors (Lipinski definition) is 2. The molecule has 0 amide bonds. The molecule has 8 unspecified atom stereocenters. The molecule has 24 heteroatoms. The molecule has 8 atom stereocenters. The molecule has 1 aromatic rings. The van der Waals surface area contributed by atoms with E-state index in [0.29, 0.717) is 42.9 Å². The quantitative estimate of drug-likeness (QED) is 0.169. The van der Waals surface area contributed by atoms with E-state index in [2.05, 4.69) is 0 Å². The van der Waals surface area contributed by atoms with Crippen LogP contribution < -0.4 is 0 Å². The number of carbonyl (C=O) groups excluding carboxylic acids is 2. The molecule has 7 rings (SSSR count). The number of benzene rings is 1. The predicted octanol–water partition coefficient (Wildman–Crippen LogP) is 19.5. The first-order valence-electron chi connectivity index (χ1n) is 24.9. The van der Waals surface area contributed by atoms with Crippen molar-refractivity contribution in [2.45, 2.75) is 250 Å². The summed E-state index contributed by atoms with van der Waals surface area (Å²) in [6.07, 6.45) is -30.0. The highest BCUT2D eigenvalue weighted by molar-refractivity contribution is 5.78. The first kappa shape index (κ1) is 82.0. The molecule has 0 radical (unpaired) electrons. The summed E-state index contributed by atoms with van der Waals surface area (Å²) in [5.41, 5.74) is -17.7. The van der Waals surface area contributed by atoms with E-state index < -0.39 is 130 Å². The minimum Gasteiger partial charge on any atom is -0.459 e. The van der Waals surface area contributed by atoms with Gasteiger partial charge in [0.15, 0.2) is 10.8 Å². The zero-order valence-corrected chi connectivity index (χ0v) is 43.2. The van der Waals surface area contributed by atoms with Gasteiger partial charge in [0.05, 0.1) is 0 Å². The van der Waals surface area contributed by atoms with E-state index in [1.165, 1.54) is 46.2 Å². The number of aliphatic hydroxyl groups is 2. The van der Waals surface area contributed by atoms with Crippen LogP contribution in [0, 0.1) is 64.1 Å². The number of hydrogen-bond acceptors (Lipinski definition) is 6. The Morgan fingerprint density at radius 1 is 0.580 bits per heavy atom. The lowest BCUT2D eigenvalue weighted by Crippen LogP contribution is -2.59. The number of carbonyl (C=O) groups is 2. The Kier molecular flexibility index (Phi) is 27.4. The van der Waals surface area contributed by atoms with E-state index in [1.54, 1.807) is 13.8 Å². The molecule has 6 aliphatic carbocycles. The highest BCUT2D eigenvalue weighted by Crippen LogP contribution is 2.64. The van der Waals surface area contributed by atoms with Gasteiger partial charge < -0.3 is 19.7 Å². The van der Waals surface area contributed by atoms with Crippen LogP contribution in [0.1, 0.15) is 201 Å². The molecule has 2 N–H and O–H groups in total. The monoisotopic (exact) mass is 1210 g/mol. The maximum absolute atomic E-state index is 14.0. The van der Waals surface area contributed by atoms with Crippen molar-refractivity contribution in [3.63, 3.8) is 0 Å². The third-order valence-electron chi connectivity index (χ3n) is 17.6. The summed E-state index contributed by atoms with van der Waals surface area (Å²) >= 11 is 0. The maximum Gasteiger partial charge on any atom is 0.430 e. The molecule has 6 nitrogen and oxygen atoms in total. The molecule has 482 valence electrons. The van der Waals surface area contributed by atoms with E-state index in [-0.39, 0.29) is 81.6 Å². The zero-order valence-electron chi connectivity index (χ0n) is 43.2. The molecule has 0 saturated heterocycles. The molecule has 1 aromatic carbocycles. The Balaban J connectivity index is -0.00000113. The second-order valence-electron chi connectivity index (χ2n) is 23.5. The summed E-state index contributed by atoms with van der Waals surface area (Å²) in [6, 6.07) is 3.68. The summed E-state index contributed by atoms with van der Waals surface area (Å²) in [5.74, 6) is -4.79. The van der Waals surface area contributed by atoms with E-state index in [9.17, 15) is 98.8 Å². The van der Waals surface area contributed by atoms with Gasteiger partial charge >= 0.3 is 49.0 Å². The molecule has 6 aliphatic rings. The van der Waals surface area contributed by atoms with Crippen molar-refractivity contribution in [2.24, 2.45) is 64.1 Å². The first-order chi connectivity index (χ1) is 33.5. The van der Waals surface area contributed by atoms with Gasteiger partial charge in [-0.1, -0.05) is 96.5 Å². The summed E-state index contributed by atoms with van der Waals surface area (Å²) in [4.78, 5) is 24.9. The van der Waals surface area contributed by atoms with Gasteiger partial charge in [-0.3, -0.25) is 9.59 Å². The fourth-order valence-corrected chi connectivity index (χ4v) is 12.3. The molecule has 0 aliphatic heterocycles. The van der Waals surface area contributed by atoms with Gasteiger partial charge in [-0.05, 0) is 177 Å². The van der Waals surface area contributed by atoms with Gasteiger partial charge in [0.25, 0.3) is 11.2 Å². The van der Waals surface area contributed by atoms with Crippen LogP contribution in [-0.2, 0) is 24.7 Å². The summed E-state index contributed by atoms with van der Waals surface area (Å²) in [5, 5.41) is 18.8. The fraction of sp³-hybridized carbons (Fsp3) is 0.860. The van der Waals surface area contributed by atoms with Crippen LogP contribution in [0.4, 0.5) is 79.0 Å². The van der Waals surface area contributed by atoms with Crippen molar-refractivity contribution in [1.29, 1.82) is 0 Å². The lowest BCUT2D eigenvalue weighted by atomic mass is 9.50. The average molecular weight is 1220 g/mol. The Bertz CT molecular complexity index is 2070. The van der Waals surface area contributed by atoms with Gasteiger partial charge in [0.2, 0.25) is 0 Å². The molecule has 0 heterocycles. The second kappa shape index (κ2) is 27.0. The number of fused-ring (bicyclic) bond motifs is 2. The van der Waals surface area contributed by atoms with Crippen molar-refractivity contribution in [3.05, 3.63) is 35.4 Å². The number of esters is 2. The van der Waals surface area contributed by atoms with E-state index >= 15 is 0 Å². The average Bonchev–Trinajstić information content (AvgIpc) is 3.79. The topological polar surface area (TPSA) is 93.1 Å². The van der Waals surface area contributed by atoms with Gasteiger partial charge in [-0.25, -0.2) is 0 Å². The molecule has 0 aromatic heterocycles. The number of halogens is 18. The minimum absolute atomic E-state index is 0. The summed E-state index contributed by atoms with van der Waals surface area (Å²) in [6.45, 7) is 14.3. The lowest BCUT2D eigenvalue weighted by Gasteiger charge is -2.59. The first-order valence-corrected chi connectivity index (χ1v) is 24.9. The maximum atomic E-state index is 14.0. The van der Waals surface area contributed by atoms with Crippen molar-refractivity contribution >= 4 is 11.9 Å². The van der Waals surface area contributed by atoms with Gasteiger partial charge in [-0.15, -0.1) is 0 Å². The molecule has 6 saturated carbocycles. The van der Waals surface area contributed by atoms with Crippen molar-refractivity contribution in [1.82, 2.24) is 0 Å². The van der Waals surface area contributed by atoms with E-state index in [1.807, 2.05) is 13.8 Å². The Labute approximate surface area is 468 Å². The molecule has 6 bridgehead atoms. The van der Waals surface area contributed by atoms with Crippen LogP contribution >= 0.6 is 0 Å². The Hall–Kier alpha value is -3.18. The lowest BCUT2D eigenvalue weighted by molar-refractivity contribution is -0.376. The standard InChI is InChI=1S/C21H29F9O3.C17H25F3O2.C13H14F6O.6CH4/c1-10-11-6-12(8-18(32,20(25,26)27)21(28,29)30)13(7-11)14(10)9-17(5,19(22,23)24)15(31)33-16(2,3)4;1-4-15(2,17(18,19)20)14(21)22-16(3)12-6-10-5-11(8-12)9-13(16)7-10;1-3-8(2)9-4-6-10(7-5-9)11(20,12(14,15)16)13(17,18)19;;;;;;/h10-14,32H,6-9H2,1-5H3;10-13H,4-9H2,1-3H3;4-8,20H,3H2,1-2H3;6*1H4. The fourth-order valence-electron chi connectivity index (χ4n) is 12.3. The van der Waals surface area contributed by atoms with Crippen LogP contribution in [0.15, 0.2) is 24.3 Å². The number of ether oxygens (including phenoxy) is 2. The summed E-state index contributed by atoms with van der Waals surface area (Å²) < 4.78 is 247. The highest BCUT2D eigenvalue weighted by Gasteiger charge is 2.73. The Morgan fingerprint density at radius 3 is 1.31 bits per heavy atom. The third-order valence-corrected chi connectivity index (χ3v) is 17.6. The molecule has 0 spiro atoms. The number of rotatable bonds is 11. The molecule has 81 heavy (non-hydrogen) atoms. The minimum atomic E-state index is -5.99. The number of alkyl halides is 18. The van der Waals surface area contributed by atoms with Crippen molar-refractivity contribution in [3.8, 4) is 0 Å². The smallest absolute Gasteiger partial charge is 0.430 e. The zero-order chi connectivity index (χ0) is 58.1. The van der Waals surface area contributed by atoms with Crippen LogP contribution in [0.3, 0.4) is 0 Å². The van der Waals surface area contributed by atoms with E-state index in [0.717, 1.165) is 32.6 Å². The highest BCUT2D eigenvalue weighted by atomic mass is 19.4. The SMILES string of the molecule is C.C.C.C.C.C.CC1C2CC(CC(O)(C(F)(F)F)C(F)(F)F)C(C2)C1CC(C)(C(=O)OC(C)(C)C)C(F)(F)F.CCC(C)(C(=O)OC1(C)C2CC3CC(C2)CC1C3)C(F)(F)F.CCC(C)c1ccc(C(O)(C(F)(F)F)C(F)(F)F)cc1. The summed E-state index contributed by atoms with van der Waals surface area (Å²) in [7, 11) is 0. The van der Waals surface area contributed by atoms with Crippen LogP contribution in [0.5, 0.6) is 0 Å². The molecular weight excluding hydrogens is 1120 g/mol. The molecule has 6 fully saturated rings. The van der Waals surface area contributed by atoms with Crippen molar-refractivity contribution < 1.29 is 108 Å². The second-order valence-corrected chi connectivity index (χ2v) is 23.5. The van der Waals surface area contributed by atoms with Crippen LogP contribution in [0.25, 0.3) is 0 Å². The largest absolute Gasteiger partial charge is 0.459 e. The van der Waals surface area contributed by atoms with Gasteiger partial charge in [-0.2, -0.15) is 79.0 Å². The predicted molar refractivity (Wildman–Crippen MR) is 276 cm³/mol. The van der Waals surface area contributed by atoms with Crippen molar-refractivity contribution in [2.75, 3.05) is 0 Å². The van der Waals surface area contributed by atoms with Gasteiger partial charge in [0.1, 0.15) is 11.2 Å². The van der Waals surface area contributed by atoms with Gasteiger partial charge in [0, 0.05) is 5.56 Å².